The zero-order valence-electron chi connectivity index (χ0n) is 17.9. The number of fused-ring (bicyclic) bond motifs is 1. The van der Waals surface area contributed by atoms with Gasteiger partial charge < -0.3 is 14.6 Å². The van der Waals surface area contributed by atoms with Crippen molar-refractivity contribution in [3.63, 3.8) is 0 Å². The van der Waals surface area contributed by atoms with Gasteiger partial charge in [0.05, 0.1) is 16.3 Å². The Morgan fingerprint density at radius 1 is 0.971 bits per heavy atom. The molecular weight excluding hydrogens is 458 g/mol. The number of hydrogen-bond donors (Lipinski definition) is 2. The first kappa shape index (κ1) is 21.5. The molecule has 1 aliphatic heterocycles. The third kappa shape index (κ3) is 4.06. The number of anilines is 1. The molecule has 34 heavy (non-hydrogen) atoms. The lowest BCUT2D eigenvalue weighted by molar-refractivity contribution is 0.0690. The molecule has 10 heteroatoms. The van der Waals surface area contributed by atoms with Crippen LogP contribution in [0.2, 0.25) is 0 Å². The number of rotatable bonds is 6. The zero-order chi connectivity index (χ0) is 23.9. The summed E-state index contributed by atoms with van der Waals surface area (Å²) in [5.41, 5.74) is 2.97. The monoisotopic (exact) mass is 477 g/mol. The van der Waals surface area contributed by atoms with Gasteiger partial charge in [-0.3, -0.25) is 4.72 Å². The lowest BCUT2D eigenvalue weighted by Gasteiger charge is -2.11. The molecular formula is C24H19N3O6S. The average Bonchev–Trinajstić information content (AvgIpc) is 3.46. The Labute approximate surface area is 195 Å². The molecule has 0 atom stereocenters. The van der Waals surface area contributed by atoms with Crippen LogP contribution in [0.4, 0.5) is 5.69 Å². The van der Waals surface area contributed by atoms with Crippen molar-refractivity contribution in [2.45, 2.75) is 11.8 Å². The number of aromatic nitrogens is 2. The summed E-state index contributed by atoms with van der Waals surface area (Å²) in [7, 11) is -3.75. The van der Waals surface area contributed by atoms with E-state index in [-0.39, 0.29) is 17.4 Å². The number of carboxylic acids is 1. The Kier molecular flexibility index (Phi) is 5.21. The minimum atomic E-state index is -3.75. The zero-order valence-corrected chi connectivity index (χ0v) is 18.7. The van der Waals surface area contributed by atoms with Crippen molar-refractivity contribution in [3.8, 4) is 28.4 Å². The van der Waals surface area contributed by atoms with Crippen LogP contribution in [-0.4, -0.2) is 36.1 Å². The van der Waals surface area contributed by atoms with E-state index in [2.05, 4.69) is 9.82 Å². The number of aromatic carboxylic acids is 1. The molecule has 0 radical (unpaired) electrons. The van der Waals surface area contributed by atoms with E-state index in [0.717, 1.165) is 5.56 Å². The largest absolute Gasteiger partial charge is 0.476 e. The Balaban J connectivity index is 1.47. The van der Waals surface area contributed by atoms with Crippen LogP contribution < -0.4 is 14.2 Å². The molecule has 0 bridgehead atoms. The second-order valence-electron chi connectivity index (χ2n) is 7.67. The number of ether oxygens (including phenoxy) is 2. The lowest BCUT2D eigenvalue weighted by Crippen LogP contribution is -2.13. The molecule has 0 spiro atoms. The molecule has 5 rings (SSSR count). The van der Waals surface area contributed by atoms with Gasteiger partial charge in [0.15, 0.2) is 17.2 Å². The second-order valence-corrected chi connectivity index (χ2v) is 9.35. The number of aryl methyl sites for hydroxylation is 1. The number of nitrogens with zero attached hydrogens (tertiary/aromatic N) is 2. The minimum absolute atomic E-state index is 0.123. The van der Waals surface area contributed by atoms with Crippen molar-refractivity contribution in [3.05, 3.63) is 84.1 Å². The molecule has 3 aromatic carbocycles. The van der Waals surface area contributed by atoms with Gasteiger partial charge in [-0.05, 0) is 67.6 Å². The van der Waals surface area contributed by atoms with Crippen molar-refractivity contribution >= 4 is 21.7 Å². The topological polar surface area (TPSA) is 120 Å². The first-order valence-electron chi connectivity index (χ1n) is 10.2. The summed E-state index contributed by atoms with van der Waals surface area (Å²) in [6, 6.07) is 19.8. The fraction of sp³-hybridized carbons (Fsp3) is 0.0833. The van der Waals surface area contributed by atoms with Crippen LogP contribution in [-0.2, 0) is 10.0 Å². The van der Waals surface area contributed by atoms with E-state index >= 15 is 0 Å². The van der Waals surface area contributed by atoms with Crippen LogP contribution in [0.5, 0.6) is 11.5 Å². The molecule has 0 fully saturated rings. The molecule has 1 aromatic heterocycles. The Hall–Kier alpha value is -4.31. The summed E-state index contributed by atoms with van der Waals surface area (Å²) in [6.07, 6.45) is 0. The van der Waals surface area contributed by atoms with E-state index < -0.39 is 16.0 Å². The highest BCUT2D eigenvalue weighted by Crippen LogP contribution is 2.36. The predicted molar refractivity (Wildman–Crippen MR) is 124 cm³/mol. The normalized spacial score (nSPS) is 12.5. The van der Waals surface area contributed by atoms with Gasteiger partial charge in [0, 0.05) is 11.3 Å². The van der Waals surface area contributed by atoms with Crippen LogP contribution in [0.1, 0.15) is 16.1 Å². The van der Waals surface area contributed by atoms with Crippen molar-refractivity contribution in [2.24, 2.45) is 0 Å². The number of nitrogens with one attached hydrogen (secondary N) is 1. The maximum Gasteiger partial charge on any atom is 0.356 e. The van der Waals surface area contributed by atoms with Crippen LogP contribution in [0.15, 0.2) is 77.7 Å². The number of carboxylic acid groups (broad SMARTS) is 1. The third-order valence-electron chi connectivity index (χ3n) is 5.29. The minimum Gasteiger partial charge on any atom is -0.476 e. The Bertz CT molecular complexity index is 1490. The lowest BCUT2D eigenvalue weighted by atomic mass is 10.1. The van der Waals surface area contributed by atoms with Gasteiger partial charge in [0.2, 0.25) is 6.79 Å². The van der Waals surface area contributed by atoms with Crippen molar-refractivity contribution in [1.29, 1.82) is 0 Å². The van der Waals surface area contributed by atoms with Crippen molar-refractivity contribution in [2.75, 3.05) is 11.5 Å². The van der Waals surface area contributed by atoms with Gasteiger partial charge >= 0.3 is 5.97 Å². The number of sulfonamides is 1. The predicted octanol–water partition coefficient (Wildman–Crippen LogP) is 4.08. The molecule has 1 aliphatic rings. The first-order chi connectivity index (χ1) is 16.3. The van der Waals surface area contributed by atoms with E-state index in [9.17, 15) is 18.3 Å². The summed E-state index contributed by atoms with van der Waals surface area (Å²) in [5, 5.41) is 13.7. The number of carbonyl (C=O) groups is 1. The standard InChI is InChI=1S/C24H19N3O6S/c1-15-2-9-19(10-3-15)34(30,31)26-17-5-7-18(8-6-17)27-21(13-20(25-27)24(28)29)16-4-11-22-23(12-16)33-14-32-22/h2-13,26H,14H2,1H3,(H,28,29). The molecule has 4 aromatic rings. The van der Waals surface area contributed by atoms with E-state index in [4.69, 9.17) is 9.47 Å². The Morgan fingerprint density at radius 3 is 2.38 bits per heavy atom. The summed E-state index contributed by atoms with van der Waals surface area (Å²) in [4.78, 5) is 11.7. The summed E-state index contributed by atoms with van der Waals surface area (Å²) >= 11 is 0. The maximum atomic E-state index is 12.7. The molecule has 0 saturated heterocycles. The van der Waals surface area contributed by atoms with Crippen LogP contribution in [0.3, 0.4) is 0 Å². The Morgan fingerprint density at radius 2 is 1.68 bits per heavy atom. The van der Waals surface area contributed by atoms with Crippen LogP contribution in [0.25, 0.3) is 16.9 Å². The fourth-order valence-corrected chi connectivity index (χ4v) is 4.60. The number of benzene rings is 3. The van der Waals surface area contributed by atoms with Crippen molar-refractivity contribution in [1.82, 2.24) is 9.78 Å². The fourth-order valence-electron chi connectivity index (χ4n) is 3.55. The van der Waals surface area contributed by atoms with E-state index in [0.29, 0.717) is 34.1 Å². The third-order valence-corrected chi connectivity index (χ3v) is 6.69. The molecule has 9 nitrogen and oxygen atoms in total. The van der Waals surface area contributed by atoms with Gasteiger partial charge in [-0.2, -0.15) is 5.10 Å². The van der Waals surface area contributed by atoms with Gasteiger partial charge in [0.25, 0.3) is 10.0 Å². The quantitative estimate of drug-likeness (QED) is 0.429. The highest BCUT2D eigenvalue weighted by Gasteiger charge is 2.20. The van der Waals surface area contributed by atoms with Gasteiger partial charge in [-0.1, -0.05) is 17.7 Å². The van der Waals surface area contributed by atoms with E-state index in [1.165, 1.54) is 10.7 Å². The number of hydrogen-bond acceptors (Lipinski definition) is 6. The summed E-state index contributed by atoms with van der Waals surface area (Å²) in [5.74, 6) is 0.00435. The second kappa shape index (κ2) is 8.23. The van der Waals surface area contributed by atoms with Gasteiger partial charge in [-0.25, -0.2) is 17.9 Å². The van der Waals surface area contributed by atoms with Gasteiger partial charge in [-0.15, -0.1) is 0 Å². The molecule has 172 valence electrons. The maximum absolute atomic E-state index is 12.7. The van der Waals surface area contributed by atoms with Crippen LogP contribution >= 0.6 is 0 Å². The first-order valence-corrected chi connectivity index (χ1v) is 11.7. The smallest absolute Gasteiger partial charge is 0.356 e. The summed E-state index contributed by atoms with van der Waals surface area (Å²) in [6.45, 7) is 2.00. The molecule has 0 amide bonds. The highest BCUT2D eigenvalue weighted by atomic mass is 32.2. The van der Waals surface area contributed by atoms with E-state index in [1.54, 1.807) is 66.7 Å². The van der Waals surface area contributed by atoms with Crippen molar-refractivity contribution < 1.29 is 27.8 Å². The highest BCUT2D eigenvalue weighted by molar-refractivity contribution is 7.92. The van der Waals surface area contributed by atoms with Gasteiger partial charge in [0.1, 0.15) is 0 Å². The molecule has 2 N–H and O–H groups in total. The summed E-state index contributed by atoms with van der Waals surface area (Å²) < 4.78 is 40.1. The molecule has 0 unspecified atom stereocenters. The van der Waals surface area contributed by atoms with E-state index in [1.807, 2.05) is 6.92 Å². The average molecular weight is 477 g/mol. The SMILES string of the molecule is Cc1ccc(S(=O)(=O)Nc2ccc(-n3nc(C(=O)O)cc3-c3ccc4c(c3)OCO4)cc2)cc1. The molecule has 0 saturated carbocycles. The molecule has 2 heterocycles. The molecule has 0 aliphatic carbocycles. The van der Waals surface area contributed by atoms with Crippen LogP contribution in [0, 0.1) is 6.92 Å².